The van der Waals surface area contributed by atoms with Crippen LogP contribution in [0.3, 0.4) is 0 Å². The van der Waals surface area contributed by atoms with Crippen LogP contribution in [0.5, 0.6) is 0 Å². The van der Waals surface area contributed by atoms with Gasteiger partial charge >= 0.3 is 12.0 Å². The average molecular weight is 322 g/mol. The molecular formula is C17H26N2O4. The van der Waals surface area contributed by atoms with Gasteiger partial charge in [-0.15, -0.1) is 0 Å². The minimum Gasteiger partial charge on any atom is -0.461 e. The van der Waals surface area contributed by atoms with Crippen LogP contribution >= 0.6 is 0 Å². The van der Waals surface area contributed by atoms with Gasteiger partial charge in [-0.1, -0.05) is 13.3 Å². The van der Waals surface area contributed by atoms with E-state index in [2.05, 4.69) is 12.2 Å². The summed E-state index contributed by atoms with van der Waals surface area (Å²) >= 11 is 0. The lowest BCUT2D eigenvalue weighted by atomic mass is 9.77. The van der Waals surface area contributed by atoms with Crippen LogP contribution in [-0.4, -0.2) is 41.0 Å². The van der Waals surface area contributed by atoms with E-state index in [9.17, 15) is 14.4 Å². The summed E-state index contributed by atoms with van der Waals surface area (Å²) in [6.07, 6.45) is 8.20. The van der Waals surface area contributed by atoms with E-state index in [1.807, 2.05) is 0 Å². The third-order valence-corrected chi connectivity index (χ3v) is 5.51. The molecule has 0 unspecified atom stereocenters. The van der Waals surface area contributed by atoms with Gasteiger partial charge in [0.1, 0.15) is 18.2 Å². The maximum atomic E-state index is 12.7. The molecule has 1 spiro atoms. The fourth-order valence-electron chi connectivity index (χ4n) is 3.95. The van der Waals surface area contributed by atoms with E-state index in [0.29, 0.717) is 18.8 Å². The molecule has 1 aliphatic heterocycles. The minimum atomic E-state index is -0.783. The maximum Gasteiger partial charge on any atom is 0.326 e. The molecular weight excluding hydrogens is 296 g/mol. The molecule has 2 saturated carbocycles. The summed E-state index contributed by atoms with van der Waals surface area (Å²) in [5.41, 5.74) is -0.783. The van der Waals surface area contributed by atoms with Crippen molar-refractivity contribution < 1.29 is 19.1 Å². The second-order valence-corrected chi connectivity index (χ2v) is 7.34. The zero-order valence-electron chi connectivity index (χ0n) is 13.8. The lowest BCUT2D eigenvalue weighted by Gasteiger charge is -2.33. The molecule has 0 aromatic rings. The molecule has 0 atom stereocenters. The molecule has 1 heterocycles. The Morgan fingerprint density at radius 2 is 1.83 bits per heavy atom. The zero-order valence-corrected chi connectivity index (χ0v) is 13.8. The van der Waals surface area contributed by atoms with Gasteiger partial charge in [0.25, 0.3) is 5.91 Å². The van der Waals surface area contributed by atoms with Gasteiger partial charge < -0.3 is 10.1 Å². The Kier molecular flexibility index (Phi) is 4.60. The van der Waals surface area contributed by atoms with Gasteiger partial charge in [0, 0.05) is 0 Å². The Bertz CT molecular complexity index is 491. The van der Waals surface area contributed by atoms with Crippen LogP contribution in [0.25, 0.3) is 0 Å². The minimum absolute atomic E-state index is 0.0542. The number of esters is 1. The van der Waals surface area contributed by atoms with Gasteiger partial charge in [-0.05, 0) is 57.3 Å². The Morgan fingerprint density at radius 1 is 1.17 bits per heavy atom. The predicted octanol–water partition coefficient (Wildman–Crippen LogP) is 2.36. The first kappa shape index (κ1) is 16.3. The molecule has 128 valence electrons. The van der Waals surface area contributed by atoms with Crippen molar-refractivity contribution in [3.05, 3.63) is 0 Å². The second kappa shape index (κ2) is 6.49. The number of ether oxygens (including phenoxy) is 1. The summed E-state index contributed by atoms with van der Waals surface area (Å²) in [5, 5.41) is 2.83. The summed E-state index contributed by atoms with van der Waals surface area (Å²) in [6, 6.07) is -0.454. The highest BCUT2D eigenvalue weighted by molar-refractivity contribution is 6.08. The van der Waals surface area contributed by atoms with E-state index in [1.165, 1.54) is 6.42 Å². The molecule has 0 aromatic carbocycles. The molecule has 1 saturated heterocycles. The average Bonchev–Trinajstić information content (AvgIpc) is 2.76. The molecule has 6 heteroatoms. The van der Waals surface area contributed by atoms with Crippen LogP contribution in [0.1, 0.15) is 64.7 Å². The van der Waals surface area contributed by atoms with Crippen LogP contribution in [-0.2, 0) is 14.3 Å². The highest BCUT2D eigenvalue weighted by Crippen LogP contribution is 2.36. The van der Waals surface area contributed by atoms with Crippen molar-refractivity contribution in [2.75, 3.05) is 6.54 Å². The van der Waals surface area contributed by atoms with Crippen LogP contribution in [0.15, 0.2) is 0 Å². The summed E-state index contributed by atoms with van der Waals surface area (Å²) in [5.74, 6) is -0.146. The number of urea groups is 1. The van der Waals surface area contributed by atoms with Crippen LogP contribution in [0.4, 0.5) is 4.79 Å². The maximum absolute atomic E-state index is 12.7. The van der Waals surface area contributed by atoms with Crippen molar-refractivity contribution >= 4 is 17.9 Å². The molecule has 2 aliphatic carbocycles. The third-order valence-electron chi connectivity index (χ3n) is 5.51. The summed E-state index contributed by atoms with van der Waals surface area (Å²) in [7, 11) is 0. The van der Waals surface area contributed by atoms with Crippen molar-refractivity contribution in [1.29, 1.82) is 0 Å². The van der Waals surface area contributed by atoms with Crippen molar-refractivity contribution in [3.63, 3.8) is 0 Å². The number of hydrogen-bond donors (Lipinski definition) is 1. The van der Waals surface area contributed by atoms with Crippen LogP contribution < -0.4 is 5.32 Å². The predicted molar refractivity (Wildman–Crippen MR) is 83.6 cm³/mol. The topological polar surface area (TPSA) is 75.7 Å². The largest absolute Gasteiger partial charge is 0.461 e. The smallest absolute Gasteiger partial charge is 0.326 e. The molecule has 3 aliphatic rings. The van der Waals surface area contributed by atoms with E-state index in [1.54, 1.807) is 0 Å². The highest BCUT2D eigenvalue weighted by Gasteiger charge is 2.52. The van der Waals surface area contributed by atoms with E-state index in [-0.39, 0.29) is 18.6 Å². The Balaban J connectivity index is 1.58. The SMILES string of the molecule is CC1CCC2(CC1)NC(=O)N(CC(=O)OC1CCCCC1)C2=O. The number of rotatable bonds is 3. The third kappa shape index (κ3) is 3.35. The summed E-state index contributed by atoms with van der Waals surface area (Å²) in [6.45, 7) is 1.89. The zero-order chi connectivity index (χ0) is 16.4. The first-order valence-electron chi connectivity index (χ1n) is 8.84. The Morgan fingerprint density at radius 3 is 2.48 bits per heavy atom. The van der Waals surface area contributed by atoms with E-state index >= 15 is 0 Å². The van der Waals surface area contributed by atoms with Crippen molar-refractivity contribution in [2.45, 2.75) is 76.4 Å². The number of amides is 3. The Labute approximate surface area is 136 Å². The monoisotopic (exact) mass is 322 g/mol. The fourth-order valence-corrected chi connectivity index (χ4v) is 3.95. The molecule has 6 nitrogen and oxygen atoms in total. The van der Waals surface area contributed by atoms with Gasteiger partial charge in [-0.3, -0.25) is 14.5 Å². The van der Waals surface area contributed by atoms with Crippen LogP contribution in [0, 0.1) is 5.92 Å². The molecule has 0 aromatic heterocycles. The second-order valence-electron chi connectivity index (χ2n) is 7.34. The number of hydrogen-bond acceptors (Lipinski definition) is 4. The molecule has 1 N–H and O–H groups in total. The van der Waals surface area contributed by atoms with Gasteiger partial charge in [0.05, 0.1) is 0 Å². The van der Waals surface area contributed by atoms with Crippen LogP contribution in [0.2, 0.25) is 0 Å². The summed E-state index contributed by atoms with van der Waals surface area (Å²) < 4.78 is 5.43. The molecule has 23 heavy (non-hydrogen) atoms. The van der Waals surface area contributed by atoms with Gasteiger partial charge in [-0.2, -0.15) is 0 Å². The Hall–Kier alpha value is -1.59. The van der Waals surface area contributed by atoms with Gasteiger partial charge in [0.2, 0.25) is 0 Å². The van der Waals surface area contributed by atoms with Crippen molar-refractivity contribution in [2.24, 2.45) is 5.92 Å². The number of imide groups is 1. The number of carbonyl (C=O) groups is 3. The fraction of sp³-hybridized carbons (Fsp3) is 0.824. The van der Waals surface area contributed by atoms with Gasteiger partial charge in [-0.25, -0.2) is 4.79 Å². The molecule has 3 amide bonds. The lowest BCUT2D eigenvalue weighted by molar-refractivity contribution is -0.153. The molecule has 0 radical (unpaired) electrons. The van der Waals surface area contributed by atoms with Crippen molar-refractivity contribution in [1.82, 2.24) is 10.2 Å². The number of carbonyl (C=O) groups excluding carboxylic acids is 3. The van der Waals surface area contributed by atoms with E-state index < -0.39 is 17.5 Å². The van der Waals surface area contributed by atoms with Crippen molar-refractivity contribution in [3.8, 4) is 0 Å². The van der Waals surface area contributed by atoms with E-state index in [4.69, 9.17) is 4.74 Å². The highest BCUT2D eigenvalue weighted by atomic mass is 16.5. The van der Waals surface area contributed by atoms with E-state index in [0.717, 1.165) is 43.4 Å². The van der Waals surface area contributed by atoms with Gasteiger partial charge in [0.15, 0.2) is 0 Å². The number of nitrogens with zero attached hydrogens (tertiary/aromatic N) is 1. The standard InChI is InChI=1S/C17H26N2O4/c1-12-7-9-17(10-8-12)15(21)19(16(22)18-17)11-14(20)23-13-5-3-2-4-6-13/h12-13H,2-11H2,1H3,(H,18,22). The molecule has 3 rings (SSSR count). The normalized spacial score (nSPS) is 32.2. The summed E-state index contributed by atoms with van der Waals surface area (Å²) in [4.78, 5) is 37.9. The number of nitrogens with one attached hydrogen (secondary N) is 1. The first-order valence-corrected chi connectivity index (χ1v) is 8.84. The quantitative estimate of drug-likeness (QED) is 0.639. The molecule has 3 fully saturated rings. The molecule has 0 bridgehead atoms. The first-order chi connectivity index (χ1) is 11.0. The lowest BCUT2D eigenvalue weighted by Crippen LogP contribution is -2.49.